The normalized spacial score (nSPS) is 19.4. The van der Waals surface area contributed by atoms with Crippen LogP contribution in [-0.2, 0) is 6.42 Å². The number of fused-ring (bicyclic) bond motifs is 1. The minimum atomic E-state index is -0.695. The molecule has 1 heterocycles. The number of rotatable bonds is 2. The lowest BCUT2D eigenvalue weighted by molar-refractivity contribution is 0.133. The van der Waals surface area contributed by atoms with E-state index >= 15 is 0 Å². The highest BCUT2D eigenvalue weighted by Crippen LogP contribution is 2.39. The molecule has 3 rings (SSSR count). The van der Waals surface area contributed by atoms with Crippen molar-refractivity contribution in [1.82, 2.24) is 4.98 Å². The Morgan fingerprint density at radius 2 is 2.20 bits per heavy atom. The summed E-state index contributed by atoms with van der Waals surface area (Å²) < 4.78 is 13.7. The van der Waals surface area contributed by atoms with E-state index in [9.17, 15) is 9.50 Å². The van der Waals surface area contributed by atoms with Crippen molar-refractivity contribution in [3.63, 3.8) is 0 Å². The first kappa shape index (κ1) is 13.3. The van der Waals surface area contributed by atoms with Gasteiger partial charge in [-0.3, -0.25) is 4.98 Å². The first-order chi connectivity index (χ1) is 9.66. The van der Waals surface area contributed by atoms with Gasteiger partial charge in [-0.1, -0.05) is 18.2 Å². The van der Waals surface area contributed by atoms with Crippen LogP contribution in [0.3, 0.4) is 0 Å². The minimum absolute atomic E-state index is 0.0398. The van der Waals surface area contributed by atoms with Crippen molar-refractivity contribution < 1.29 is 9.50 Å². The zero-order chi connectivity index (χ0) is 14.1. The van der Waals surface area contributed by atoms with Crippen molar-refractivity contribution in [2.45, 2.75) is 38.2 Å². The maximum absolute atomic E-state index is 13.7. The van der Waals surface area contributed by atoms with Crippen molar-refractivity contribution in [1.29, 1.82) is 0 Å². The third-order valence-electron chi connectivity index (χ3n) is 4.16. The number of hydrogen-bond acceptors (Lipinski definition) is 2. The van der Waals surface area contributed by atoms with Crippen molar-refractivity contribution in [3.8, 4) is 0 Å². The molecular weight excluding hydrogens is 253 g/mol. The van der Waals surface area contributed by atoms with Gasteiger partial charge < -0.3 is 5.11 Å². The minimum Gasteiger partial charge on any atom is -0.388 e. The molecule has 104 valence electrons. The fraction of sp³-hybridized carbons (Fsp3) is 0.353. The average Bonchev–Trinajstić information content (AvgIpc) is 2.49. The van der Waals surface area contributed by atoms with Crippen LogP contribution in [0.4, 0.5) is 4.39 Å². The SMILES string of the molecule is Cc1ccc(C(O)C2CCCc3cccnc32)cc1F. The largest absolute Gasteiger partial charge is 0.388 e. The molecular formula is C17H18FNO. The Morgan fingerprint density at radius 3 is 3.00 bits per heavy atom. The molecule has 2 nitrogen and oxygen atoms in total. The van der Waals surface area contributed by atoms with E-state index in [-0.39, 0.29) is 11.7 Å². The number of pyridine rings is 1. The summed E-state index contributed by atoms with van der Waals surface area (Å²) in [5.74, 6) is -0.305. The standard InChI is InChI=1S/C17H18FNO/c1-11-7-8-13(10-15(11)18)17(20)14-6-2-4-12-5-3-9-19-16(12)14/h3,5,7-10,14,17,20H,2,4,6H2,1H3. The zero-order valence-electron chi connectivity index (χ0n) is 11.5. The van der Waals surface area contributed by atoms with Gasteiger partial charge in [0.25, 0.3) is 0 Å². The van der Waals surface area contributed by atoms with E-state index in [1.165, 1.54) is 11.6 Å². The number of aromatic nitrogens is 1. The maximum Gasteiger partial charge on any atom is 0.126 e. The predicted molar refractivity (Wildman–Crippen MR) is 76.0 cm³/mol. The van der Waals surface area contributed by atoms with Gasteiger partial charge in [-0.2, -0.15) is 0 Å². The van der Waals surface area contributed by atoms with Crippen LogP contribution < -0.4 is 0 Å². The Bertz CT molecular complexity index is 626. The van der Waals surface area contributed by atoms with Crippen LogP contribution in [-0.4, -0.2) is 10.1 Å². The lowest BCUT2D eigenvalue weighted by Gasteiger charge is -2.28. The fourth-order valence-corrected chi connectivity index (χ4v) is 2.98. The quantitative estimate of drug-likeness (QED) is 0.903. The molecule has 2 atom stereocenters. The lowest BCUT2D eigenvalue weighted by atomic mass is 9.81. The number of aryl methyl sites for hydroxylation is 2. The van der Waals surface area contributed by atoms with Crippen molar-refractivity contribution in [2.75, 3.05) is 0 Å². The number of hydrogen-bond donors (Lipinski definition) is 1. The first-order valence-corrected chi connectivity index (χ1v) is 7.04. The van der Waals surface area contributed by atoms with Gasteiger partial charge in [0.15, 0.2) is 0 Å². The molecule has 1 aliphatic carbocycles. The van der Waals surface area contributed by atoms with Crippen molar-refractivity contribution >= 4 is 0 Å². The monoisotopic (exact) mass is 271 g/mol. The van der Waals surface area contributed by atoms with Gasteiger partial charge in [0.2, 0.25) is 0 Å². The van der Waals surface area contributed by atoms with E-state index < -0.39 is 6.10 Å². The number of benzene rings is 1. The molecule has 0 saturated heterocycles. The number of aliphatic hydroxyl groups excluding tert-OH is 1. The van der Waals surface area contributed by atoms with E-state index in [1.54, 1.807) is 25.3 Å². The molecule has 1 N–H and O–H groups in total. The highest BCUT2D eigenvalue weighted by atomic mass is 19.1. The number of aliphatic hydroxyl groups is 1. The maximum atomic E-state index is 13.7. The van der Waals surface area contributed by atoms with E-state index in [0.717, 1.165) is 25.0 Å². The fourth-order valence-electron chi connectivity index (χ4n) is 2.98. The van der Waals surface area contributed by atoms with Gasteiger partial charge in [-0.15, -0.1) is 0 Å². The van der Waals surface area contributed by atoms with Crippen LogP contribution in [0.5, 0.6) is 0 Å². The summed E-state index contributed by atoms with van der Waals surface area (Å²) >= 11 is 0. The number of halogens is 1. The van der Waals surface area contributed by atoms with Crippen molar-refractivity contribution in [2.24, 2.45) is 0 Å². The van der Waals surface area contributed by atoms with Crippen molar-refractivity contribution in [3.05, 3.63) is 64.7 Å². The van der Waals surface area contributed by atoms with Gasteiger partial charge in [-0.25, -0.2) is 4.39 Å². The third-order valence-corrected chi connectivity index (χ3v) is 4.16. The van der Waals surface area contributed by atoms with Crippen LogP contribution in [0.15, 0.2) is 36.5 Å². The smallest absolute Gasteiger partial charge is 0.126 e. The van der Waals surface area contributed by atoms with Gasteiger partial charge in [-0.05, 0) is 55.0 Å². The molecule has 2 aromatic rings. The van der Waals surface area contributed by atoms with Gasteiger partial charge in [0.1, 0.15) is 5.82 Å². The molecule has 0 bridgehead atoms. The second-order valence-corrected chi connectivity index (χ2v) is 5.50. The Kier molecular flexibility index (Phi) is 3.53. The molecule has 1 aromatic heterocycles. The highest BCUT2D eigenvalue weighted by Gasteiger charge is 2.29. The van der Waals surface area contributed by atoms with Crippen LogP contribution in [0.1, 0.15) is 47.2 Å². The summed E-state index contributed by atoms with van der Waals surface area (Å²) in [5, 5.41) is 10.6. The summed E-state index contributed by atoms with van der Waals surface area (Å²) in [7, 11) is 0. The van der Waals surface area contributed by atoms with Gasteiger partial charge >= 0.3 is 0 Å². The summed E-state index contributed by atoms with van der Waals surface area (Å²) in [6, 6.07) is 8.96. The first-order valence-electron chi connectivity index (χ1n) is 7.04. The predicted octanol–water partition coefficient (Wildman–Crippen LogP) is 3.68. The van der Waals surface area contributed by atoms with E-state index in [0.29, 0.717) is 11.1 Å². The van der Waals surface area contributed by atoms with Crippen LogP contribution in [0.2, 0.25) is 0 Å². The topological polar surface area (TPSA) is 33.1 Å². The summed E-state index contributed by atoms with van der Waals surface area (Å²) in [4.78, 5) is 4.43. The second-order valence-electron chi connectivity index (χ2n) is 5.50. The third kappa shape index (κ3) is 2.34. The Morgan fingerprint density at radius 1 is 1.35 bits per heavy atom. The zero-order valence-corrected chi connectivity index (χ0v) is 11.5. The molecule has 3 heteroatoms. The van der Waals surface area contributed by atoms with Crippen LogP contribution >= 0.6 is 0 Å². The summed E-state index contributed by atoms with van der Waals surface area (Å²) in [6.45, 7) is 1.73. The molecule has 0 radical (unpaired) electrons. The number of nitrogens with zero attached hydrogens (tertiary/aromatic N) is 1. The molecule has 20 heavy (non-hydrogen) atoms. The molecule has 0 fully saturated rings. The molecule has 0 spiro atoms. The Labute approximate surface area is 118 Å². The highest BCUT2D eigenvalue weighted by molar-refractivity contribution is 5.32. The molecule has 0 aliphatic heterocycles. The molecule has 0 amide bonds. The molecule has 2 unspecified atom stereocenters. The van der Waals surface area contributed by atoms with Gasteiger partial charge in [0, 0.05) is 17.8 Å². The van der Waals surface area contributed by atoms with Crippen LogP contribution in [0, 0.1) is 12.7 Å². The van der Waals surface area contributed by atoms with E-state index in [4.69, 9.17) is 0 Å². The van der Waals surface area contributed by atoms with E-state index in [2.05, 4.69) is 11.1 Å². The second kappa shape index (κ2) is 5.33. The summed E-state index contributed by atoms with van der Waals surface area (Å²) in [6.07, 6.45) is 4.00. The average molecular weight is 271 g/mol. The lowest BCUT2D eigenvalue weighted by Crippen LogP contribution is -2.18. The Balaban J connectivity index is 1.95. The van der Waals surface area contributed by atoms with Gasteiger partial charge in [0.05, 0.1) is 6.10 Å². The van der Waals surface area contributed by atoms with E-state index in [1.807, 2.05) is 6.07 Å². The van der Waals surface area contributed by atoms with Crippen LogP contribution in [0.25, 0.3) is 0 Å². The molecule has 0 saturated carbocycles. The molecule has 1 aromatic carbocycles. The molecule has 1 aliphatic rings. The Hall–Kier alpha value is -1.74. The summed E-state index contributed by atoms with van der Waals surface area (Å²) in [5.41, 5.74) is 3.40.